The summed E-state index contributed by atoms with van der Waals surface area (Å²) in [4.78, 5) is 24.6. The average molecular weight is 382 g/mol. The van der Waals surface area contributed by atoms with Gasteiger partial charge in [-0.1, -0.05) is 12.1 Å². The fourth-order valence-corrected chi connectivity index (χ4v) is 5.32. The third kappa shape index (κ3) is 4.60. The second kappa shape index (κ2) is 7.73. The van der Waals surface area contributed by atoms with Crippen LogP contribution in [0.25, 0.3) is 0 Å². The minimum absolute atomic E-state index is 0.0130. The standard InChI is InChI=1S/C18H23FN2O4S/c19-15-3-1-2-4-16(15)21-18(23)13-7-5-12(6-8-13)17(22)20-14-9-10-26(24,25)11-14/h1-4,12-14H,5-11H2,(H,20,22)(H,21,23). The van der Waals surface area contributed by atoms with Crippen LogP contribution in [0.5, 0.6) is 0 Å². The Labute approximate surface area is 152 Å². The van der Waals surface area contributed by atoms with Gasteiger partial charge in [0.1, 0.15) is 5.82 Å². The average Bonchev–Trinajstić information content (AvgIpc) is 2.95. The van der Waals surface area contributed by atoms with Crippen molar-refractivity contribution in [2.24, 2.45) is 11.8 Å². The molecule has 0 radical (unpaired) electrons. The van der Waals surface area contributed by atoms with Crippen LogP contribution in [0.4, 0.5) is 10.1 Å². The number of hydrogen-bond donors (Lipinski definition) is 2. The maximum absolute atomic E-state index is 13.6. The van der Waals surface area contributed by atoms with Crippen molar-refractivity contribution in [1.29, 1.82) is 0 Å². The lowest BCUT2D eigenvalue weighted by Crippen LogP contribution is -2.41. The number of anilines is 1. The molecule has 2 aliphatic rings. The Hall–Kier alpha value is -1.96. The highest BCUT2D eigenvalue weighted by Gasteiger charge is 2.33. The number of halogens is 1. The summed E-state index contributed by atoms with van der Waals surface area (Å²) in [5, 5.41) is 5.44. The lowest BCUT2D eigenvalue weighted by Gasteiger charge is -2.28. The van der Waals surface area contributed by atoms with Gasteiger partial charge in [0.05, 0.1) is 17.2 Å². The van der Waals surface area contributed by atoms with Crippen LogP contribution in [0.2, 0.25) is 0 Å². The SMILES string of the molecule is O=C(Nc1ccccc1F)C1CCC(C(=O)NC2CCS(=O)(=O)C2)CC1. The van der Waals surface area contributed by atoms with Crippen LogP contribution in [0.15, 0.2) is 24.3 Å². The van der Waals surface area contributed by atoms with Crippen LogP contribution < -0.4 is 10.6 Å². The zero-order chi connectivity index (χ0) is 18.7. The minimum atomic E-state index is -3.02. The van der Waals surface area contributed by atoms with E-state index >= 15 is 0 Å². The summed E-state index contributed by atoms with van der Waals surface area (Å²) in [5.74, 6) is -1.13. The first kappa shape index (κ1) is 18.8. The molecule has 2 N–H and O–H groups in total. The first-order chi connectivity index (χ1) is 12.3. The number of hydrogen-bond acceptors (Lipinski definition) is 4. The fraction of sp³-hybridized carbons (Fsp3) is 0.556. The molecule has 1 atom stereocenters. The third-order valence-electron chi connectivity index (χ3n) is 5.18. The Morgan fingerprint density at radius 1 is 0.962 bits per heavy atom. The molecule has 6 nitrogen and oxygen atoms in total. The van der Waals surface area contributed by atoms with Gasteiger partial charge in [-0.15, -0.1) is 0 Å². The molecule has 1 saturated heterocycles. The van der Waals surface area contributed by atoms with E-state index in [-0.39, 0.29) is 46.9 Å². The number of sulfone groups is 1. The van der Waals surface area contributed by atoms with Gasteiger partial charge in [0.15, 0.2) is 9.84 Å². The first-order valence-corrected chi connectivity index (χ1v) is 10.7. The van der Waals surface area contributed by atoms with E-state index in [9.17, 15) is 22.4 Å². The summed E-state index contributed by atoms with van der Waals surface area (Å²) < 4.78 is 36.6. The molecule has 1 aromatic rings. The van der Waals surface area contributed by atoms with Crippen molar-refractivity contribution in [3.05, 3.63) is 30.1 Å². The molecule has 2 amide bonds. The maximum Gasteiger partial charge on any atom is 0.227 e. The number of benzene rings is 1. The molecular weight excluding hydrogens is 359 g/mol. The quantitative estimate of drug-likeness (QED) is 0.832. The monoisotopic (exact) mass is 382 g/mol. The molecule has 0 spiro atoms. The van der Waals surface area contributed by atoms with Gasteiger partial charge in [-0.25, -0.2) is 12.8 Å². The van der Waals surface area contributed by atoms with Gasteiger partial charge in [0.25, 0.3) is 0 Å². The number of rotatable bonds is 4. The molecule has 2 fully saturated rings. The molecule has 1 heterocycles. The molecule has 1 unspecified atom stereocenters. The van der Waals surface area contributed by atoms with Crippen molar-refractivity contribution in [2.75, 3.05) is 16.8 Å². The number of nitrogens with one attached hydrogen (secondary N) is 2. The van der Waals surface area contributed by atoms with Crippen molar-refractivity contribution in [3.8, 4) is 0 Å². The summed E-state index contributed by atoms with van der Waals surface area (Å²) >= 11 is 0. The van der Waals surface area contributed by atoms with Gasteiger partial charge in [-0.2, -0.15) is 0 Å². The molecule has 1 aromatic carbocycles. The van der Waals surface area contributed by atoms with E-state index in [4.69, 9.17) is 0 Å². The van der Waals surface area contributed by atoms with E-state index < -0.39 is 15.7 Å². The van der Waals surface area contributed by atoms with Gasteiger partial charge in [-0.3, -0.25) is 9.59 Å². The van der Waals surface area contributed by atoms with E-state index in [2.05, 4.69) is 10.6 Å². The Balaban J connectivity index is 1.47. The van der Waals surface area contributed by atoms with E-state index in [0.717, 1.165) is 0 Å². The summed E-state index contributed by atoms with van der Waals surface area (Å²) in [7, 11) is -3.02. The molecule has 0 bridgehead atoms. The second-order valence-electron chi connectivity index (χ2n) is 7.13. The van der Waals surface area contributed by atoms with Gasteiger partial charge < -0.3 is 10.6 Å². The highest BCUT2D eigenvalue weighted by molar-refractivity contribution is 7.91. The van der Waals surface area contributed by atoms with Crippen molar-refractivity contribution < 1.29 is 22.4 Å². The maximum atomic E-state index is 13.6. The topological polar surface area (TPSA) is 92.3 Å². The second-order valence-corrected chi connectivity index (χ2v) is 9.35. The zero-order valence-electron chi connectivity index (χ0n) is 14.4. The van der Waals surface area contributed by atoms with Gasteiger partial charge in [0.2, 0.25) is 11.8 Å². The predicted molar refractivity (Wildman–Crippen MR) is 95.7 cm³/mol. The minimum Gasteiger partial charge on any atom is -0.352 e. The Morgan fingerprint density at radius 2 is 1.58 bits per heavy atom. The highest BCUT2D eigenvalue weighted by Crippen LogP contribution is 2.30. The molecule has 8 heteroatoms. The van der Waals surface area contributed by atoms with Crippen molar-refractivity contribution in [2.45, 2.75) is 38.1 Å². The number of carbonyl (C=O) groups excluding carboxylic acids is 2. The van der Waals surface area contributed by atoms with Crippen molar-refractivity contribution >= 4 is 27.3 Å². The predicted octanol–water partition coefficient (Wildman–Crippen LogP) is 1.87. The van der Waals surface area contributed by atoms with E-state index in [1.807, 2.05) is 0 Å². The molecule has 1 aliphatic carbocycles. The summed E-state index contributed by atoms with van der Waals surface area (Å²) in [6, 6.07) is 5.73. The van der Waals surface area contributed by atoms with Crippen LogP contribution in [0.3, 0.4) is 0 Å². The zero-order valence-corrected chi connectivity index (χ0v) is 15.2. The Morgan fingerprint density at radius 3 is 2.15 bits per heavy atom. The molecule has 3 rings (SSSR count). The van der Waals surface area contributed by atoms with E-state index in [1.165, 1.54) is 12.1 Å². The van der Waals surface area contributed by atoms with E-state index in [0.29, 0.717) is 32.1 Å². The number of carbonyl (C=O) groups is 2. The highest BCUT2D eigenvalue weighted by atomic mass is 32.2. The normalized spacial score (nSPS) is 27.7. The van der Waals surface area contributed by atoms with E-state index in [1.54, 1.807) is 12.1 Å². The van der Waals surface area contributed by atoms with Crippen LogP contribution >= 0.6 is 0 Å². The molecular formula is C18H23FN2O4S. The largest absolute Gasteiger partial charge is 0.352 e. The van der Waals surface area contributed by atoms with Gasteiger partial charge in [-0.05, 0) is 44.2 Å². The van der Waals surface area contributed by atoms with Crippen LogP contribution in [0.1, 0.15) is 32.1 Å². The van der Waals surface area contributed by atoms with Gasteiger partial charge in [0, 0.05) is 17.9 Å². The lowest BCUT2D eigenvalue weighted by atomic mass is 9.81. The van der Waals surface area contributed by atoms with Crippen LogP contribution in [0, 0.1) is 17.7 Å². The third-order valence-corrected chi connectivity index (χ3v) is 6.95. The molecule has 142 valence electrons. The molecule has 1 saturated carbocycles. The molecule has 0 aromatic heterocycles. The molecule has 1 aliphatic heterocycles. The summed E-state index contributed by atoms with van der Waals surface area (Å²) in [6.07, 6.45) is 2.72. The number of para-hydroxylation sites is 1. The van der Waals surface area contributed by atoms with Crippen LogP contribution in [-0.4, -0.2) is 37.8 Å². The van der Waals surface area contributed by atoms with Crippen molar-refractivity contribution in [1.82, 2.24) is 5.32 Å². The van der Waals surface area contributed by atoms with Crippen molar-refractivity contribution in [3.63, 3.8) is 0 Å². The Bertz CT molecular complexity index is 788. The summed E-state index contributed by atoms with van der Waals surface area (Å²) in [5.41, 5.74) is 0.166. The first-order valence-electron chi connectivity index (χ1n) is 8.90. The van der Waals surface area contributed by atoms with Gasteiger partial charge >= 0.3 is 0 Å². The fourth-order valence-electron chi connectivity index (χ4n) is 3.64. The Kier molecular flexibility index (Phi) is 5.60. The lowest BCUT2D eigenvalue weighted by molar-refractivity contribution is -0.129. The number of amides is 2. The smallest absolute Gasteiger partial charge is 0.227 e. The van der Waals surface area contributed by atoms with Crippen LogP contribution in [-0.2, 0) is 19.4 Å². The molecule has 26 heavy (non-hydrogen) atoms. The summed E-state index contributed by atoms with van der Waals surface area (Å²) in [6.45, 7) is 0.